The molecule has 1 unspecified atom stereocenters. The Bertz CT molecular complexity index is 1160. The van der Waals surface area contributed by atoms with E-state index in [0.29, 0.717) is 27.2 Å². The molecule has 1 aromatic heterocycles. The number of allylic oxidation sites excluding steroid dienone is 1. The maximum absolute atomic E-state index is 9.80. The number of anilines is 1. The molecule has 3 N–H and O–H groups in total. The normalized spacial score (nSPS) is 15.5. The molecule has 0 fully saturated rings. The van der Waals surface area contributed by atoms with Crippen molar-refractivity contribution in [3.05, 3.63) is 75.1 Å². The van der Waals surface area contributed by atoms with Gasteiger partial charge in [0.1, 0.15) is 11.6 Å². The van der Waals surface area contributed by atoms with E-state index >= 15 is 0 Å². The molecule has 0 amide bonds. The van der Waals surface area contributed by atoms with E-state index in [9.17, 15) is 5.26 Å². The third-order valence-corrected chi connectivity index (χ3v) is 5.63. The Hall–Kier alpha value is -3.14. The highest BCUT2D eigenvalue weighted by Gasteiger charge is 2.35. The summed E-state index contributed by atoms with van der Waals surface area (Å²) < 4.78 is 5.63. The molecule has 0 saturated carbocycles. The van der Waals surface area contributed by atoms with Crippen LogP contribution in [0.15, 0.2) is 53.9 Å². The third kappa shape index (κ3) is 3.29. The highest BCUT2D eigenvalue weighted by Crippen LogP contribution is 2.46. The molecule has 4 rings (SSSR count). The molecular weight excluding hydrogens is 409 g/mol. The Kier molecular flexibility index (Phi) is 4.87. The molecule has 2 aromatic carbocycles. The maximum Gasteiger partial charge on any atom is 0.244 e. The number of hydrogen-bond donors (Lipinski definition) is 2. The number of aromatic amines is 1. The number of nitriles is 1. The standard InChI is InChI=1S/C21H17Cl2N5O/c1-28(2)13-6-3-11(4-7-13)17-14(10-24)20(25)29-21-18(17)19(26-27-21)12-5-8-15(22)16(23)9-12/h3-9,17H,25H2,1-2H3,(H,26,27). The van der Waals surface area contributed by atoms with Crippen molar-refractivity contribution >= 4 is 28.9 Å². The average molecular weight is 426 g/mol. The van der Waals surface area contributed by atoms with Crippen LogP contribution < -0.4 is 15.4 Å². The number of benzene rings is 2. The SMILES string of the molecule is CN(C)c1ccc(C2C(C#N)=C(N)Oc3n[nH]c(-c4ccc(Cl)c(Cl)c4)c32)cc1. The van der Waals surface area contributed by atoms with E-state index < -0.39 is 5.92 Å². The van der Waals surface area contributed by atoms with Gasteiger partial charge in [0, 0.05) is 25.3 Å². The minimum Gasteiger partial charge on any atom is -0.420 e. The lowest BCUT2D eigenvalue weighted by molar-refractivity contribution is 0.379. The van der Waals surface area contributed by atoms with Gasteiger partial charge >= 0.3 is 0 Å². The van der Waals surface area contributed by atoms with E-state index in [1.165, 1.54) is 0 Å². The molecule has 29 heavy (non-hydrogen) atoms. The van der Waals surface area contributed by atoms with Crippen LogP contribution in [0, 0.1) is 11.3 Å². The molecule has 6 nitrogen and oxygen atoms in total. The molecule has 1 aliphatic rings. The summed E-state index contributed by atoms with van der Waals surface area (Å²) in [6.07, 6.45) is 0. The zero-order valence-corrected chi connectivity index (χ0v) is 17.2. The first kappa shape index (κ1) is 19.2. The predicted molar refractivity (Wildman–Crippen MR) is 114 cm³/mol. The van der Waals surface area contributed by atoms with Gasteiger partial charge in [-0.25, -0.2) is 0 Å². The summed E-state index contributed by atoms with van der Waals surface area (Å²) in [4.78, 5) is 2.01. The summed E-state index contributed by atoms with van der Waals surface area (Å²) >= 11 is 12.3. The lowest BCUT2D eigenvalue weighted by Gasteiger charge is -2.24. The van der Waals surface area contributed by atoms with E-state index in [1.54, 1.807) is 12.1 Å². The van der Waals surface area contributed by atoms with Crippen LogP contribution in [0.4, 0.5) is 5.69 Å². The maximum atomic E-state index is 9.80. The van der Waals surface area contributed by atoms with Crippen molar-refractivity contribution in [3.63, 3.8) is 0 Å². The molecule has 2 heterocycles. The minimum atomic E-state index is -0.428. The Balaban J connectivity index is 1.90. The first-order valence-electron chi connectivity index (χ1n) is 8.79. The van der Waals surface area contributed by atoms with E-state index in [1.807, 2.05) is 49.3 Å². The van der Waals surface area contributed by atoms with Crippen LogP contribution >= 0.6 is 23.2 Å². The van der Waals surface area contributed by atoms with Gasteiger partial charge in [0.2, 0.25) is 11.8 Å². The first-order valence-corrected chi connectivity index (χ1v) is 9.55. The topological polar surface area (TPSA) is 91.0 Å². The fourth-order valence-corrected chi connectivity index (χ4v) is 3.71. The van der Waals surface area contributed by atoms with Crippen LogP contribution in [0.3, 0.4) is 0 Å². The molecule has 1 aliphatic heterocycles. The Morgan fingerprint density at radius 1 is 1.14 bits per heavy atom. The number of H-pyrrole nitrogens is 1. The van der Waals surface area contributed by atoms with Gasteiger partial charge in [0.05, 0.1) is 27.2 Å². The summed E-state index contributed by atoms with van der Waals surface area (Å²) in [5.74, 6) is -0.0405. The van der Waals surface area contributed by atoms with Gasteiger partial charge in [-0.05, 0) is 29.8 Å². The van der Waals surface area contributed by atoms with Crippen LogP contribution in [-0.2, 0) is 0 Å². The predicted octanol–water partition coefficient (Wildman–Crippen LogP) is 4.67. The first-order chi connectivity index (χ1) is 13.9. The summed E-state index contributed by atoms with van der Waals surface area (Å²) in [5, 5.41) is 17.9. The second-order valence-electron chi connectivity index (χ2n) is 6.86. The lowest BCUT2D eigenvalue weighted by Crippen LogP contribution is -2.21. The second kappa shape index (κ2) is 7.36. The molecule has 0 spiro atoms. The number of ether oxygens (including phenoxy) is 1. The smallest absolute Gasteiger partial charge is 0.244 e. The van der Waals surface area contributed by atoms with Crippen molar-refractivity contribution in [3.8, 4) is 23.2 Å². The molecule has 0 radical (unpaired) electrons. The number of nitrogens with zero attached hydrogens (tertiary/aromatic N) is 3. The number of halogens is 2. The molecular formula is C21H17Cl2N5O. The fraction of sp³-hybridized carbons (Fsp3) is 0.143. The van der Waals surface area contributed by atoms with Crippen LogP contribution in [0.2, 0.25) is 10.0 Å². The Morgan fingerprint density at radius 3 is 2.48 bits per heavy atom. The molecule has 1 atom stereocenters. The summed E-state index contributed by atoms with van der Waals surface area (Å²) in [6.45, 7) is 0. The summed E-state index contributed by atoms with van der Waals surface area (Å²) in [6, 6.07) is 15.4. The van der Waals surface area contributed by atoms with Crippen molar-refractivity contribution in [2.45, 2.75) is 5.92 Å². The molecule has 0 aliphatic carbocycles. The second-order valence-corrected chi connectivity index (χ2v) is 7.67. The van der Waals surface area contributed by atoms with Crippen LogP contribution in [0.1, 0.15) is 17.0 Å². The van der Waals surface area contributed by atoms with E-state index in [4.69, 9.17) is 33.7 Å². The van der Waals surface area contributed by atoms with Crippen molar-refractivity contribution in [2.75, 3.05) is 19.0 Å². The molecule has 0 saturated heterocycles. The zero-order chi connectivity index (χ0) is 20.7. The van der Waals surface area contributed by atoms with Gasteiger partial charge in [0.15, 0.2) is 0 Å². The number of fused-ring (bicyclic) bond motifs is 1. The average Bonchev–Trinajstić information content (AvgIpc) is 3.12. The van der Waals surface area contributed by atoms with Gasteiger partial charge < -0.3 is 15.4 Å². The largest absolute Gasteiger partial charge is 0.420 e. The number of nitrogens with one attached hydrogen (secondary N) is 1. The van der Waals surface area contributed by atoms with Gasteiger partial charge in [-0.2, -0.15) is 5.26 Å². The van der Waals surface area contributed by atoms with E-state index in [0.717, 1.165) is 22.4 Å². The molecule has 146 valence electrons. The zero-order valence-electron chi connectivity index (χ0n) is 15.7. The summed E-state index contributed by atoms with van der Waals surface area (Å²) in [5.41, 5.74) is 10.5. The van der Waals surface area contributed by atoms with Gasteiger partial charge in [-0.3, -0.25) is 5.10 Å². The number of aromatic nitrogens is 2. The number of hydrogen-bond acceptors (Lipinski definition) is 5. The monoisotopic (exact) mass is 425 g/mol. The van der Waals surface area contributed by atoms with Crippen molar-refractivity contribution < 1.29 is 4.74 Å². The lowest BCUT2D eigenvalue weighted by atomic mass is 9.83. The van der Waals surface area contributed by atoms with Crippen molar-refractivity contribution in [1.82, 2.24) is 10.2 Å². The van der Waals surface area contributed by atoms with Crippen molar-refractivity contribution in [2.24, 2.45) is 5.73 Å². The minimum absolute atomic E-state index is 0.0499. The third-order valence-electron chi connectivity index (χ3n) is 4.89. The van der Waals surface area contributed by atoms with E-state index in [-0.39, 0.29) is 5.88 Å². The van der Waals surface area contributed by atoms with E-state index in [2.05, 4.69) is 16.3 Å². The molecule has 3 aromatic rings. The van der Waals surface area contributed by atoms with Gasteiger partial charge in [-0.15, -0.1) is 5.10 Å². The summed E-state index contributed by atoms with van der Waals surface area (Å²) in [7, 11) is 3.94. The van der Waals surface area contributed by atoms with Crippen LogP contribution in [0.5, 0.6) is 5.88 Å². The van der Waals surface area contributed by atoms with Crippen LogP contribution in [-0.4, -0.2) is 24.3 Å². The molecule has 0 bridgehead atoms. The number of rotatable bonds is 3. The number of nitrogens with two attached hydrogens (primary N) is 1. The molecule has 8 heteroatoms. The fourth-order valence-electron chi connectivity index (χ4n) is 3.41. The highest BCUT2D eigenvalue weighted by molar-refractivity contribution is 6.42. The Morgan fingerprint density at radius 2 is 1.86 bits per heavy atom. The quantitative estimate of drug-likeness (QED) is 0.635. The highest BCUT2D eigenvalue weighted by atomic mass is 35.5. The van der Waals surface area contributed by atoms with Crippen LogP contribution in [0.25, 0.3) is 11.3 Å². The van der Waals surface area contributed by atoms with Crippen molar-refractivity contribution in [1.29, 1.82) is 5.26 Å². The van der Waals surface area contributed by atoms with Gasteiger partial charge in [0.25, 0.3) is 0 Å². The Labute approximate surface area is 178 Å². The van der Waals surface area contributed by atoms with Gasteiger partial charge in [-0.1, -0.05) is 41.4 Å².